The number of hydrogen-bond acceptors (Lipinski definition) is 3. The van der Waals surface area contributed by atoms with Gasteiger partial charge in [-0.05, 0) is 42.7 Å². The molecule has 3 rings (SSSR count). The van der Waals surface area contributed by atoms with Gasteiger partial charge in [-0.3, -0.25) is 4.79 Å². The molecule has 0 aliphatic rings. The lowest BCUT2D eigenvalue weighted by Crippen LogP contribution is -2.26. The zero-order valence-corrected chi connectivity index (χ0v) is 14.6. The molecule has 0 aliphatic heterocycles. The lowest BCUT2D eigenvalue weighted by Gasteiger charge is -2.06. The number of nitrogens with one attached hydrogen (secondary N) is 2. The molecule has 25 heavy (non-hydrogen) atoms. The van der Waals surface area contributed by atoms with Crippen molar-refractivity contribution in [3.63, 3.8) is 0 Å². The Hall–Kier alpha value is -2.64. The molecule has 0 unspecified atom stereocenters. The maximum atomic E-state index is 12.4. The first kappa shape index (κ1) is 17.2. The number of H-pyrrole nitrogens is 1. The van der Waals surface area contributed by atoms with E-state index in [4.69, 9.17) is 5.14 Å². The number of sulfonamides is 1. The van der Waals surface area contributed by atoms with Crippen molar-refractivity contribution in [3.05, 3.63) is 65.4 Å². The van der Waals surface area contributed by atoms with Crippen LogP contribution in [0, 0.1) is 6.92 Å². The Morgan fingerprint density at radius 1 is 1.12 bits per heavy atom. The molecule has 4 N–H and O–H groups in total. The molecule has 0 atom stereocenters. The van der Waals surface area contributed by atoms with Crippen LogP contribution < -0.4 is 10.5 Å². The van der Waals surface area contributed by atoms with Crippen molar-refractivity contribution in [3.8, 4) is 0 Å². The van der Waals surface area contributed by atoms with Crippen molar-refractivity contribution >= 4 is 26.8 Å². The SMILES string of the molecule is Cc1c(C(=O)NCCc2ccc(S(N)(=O)=O)cc2)[nH]c2ccccc12. The summed E-state index contributed by atoms with van der Waals surface area (Å²) in [7, 11) is -3.68. The molecule has 130 valence electrons. The summed E-state index contributed by atoms with van der Waals surface area (Å²) in [6.45, 7) is 2.36. The summed E-state index contributed by atoms with van der Waals surface area (Å²) in [5.41, 5.74) is 3.33. The normalized spacial score (nSPS) is 11.6. The largest absolute Gasteiger partial charge is 0.350 e. The molecular formula is C18H19N3O3S. The second-order valence-corrected chi connectivity index (χ2v) is 7.43. The molecule has 3 aromatic rings. The van der Waals surface area contributed by atoms with Gasteiger partial charge >= 0.3 is 0 Å². The van der Waals surface area contributed by atoms with E-state index >= 15 is 0 Å². The van der Waals surface area contributed by atoms with Gasteiger partial charge in [-0.2, -0.15) is 0 Å². The van der Waals surface area contributed by atoms with Gasteiger partial charge in [0.1, 0.15) is 5.69 Å². The number of carbonyl (C=O) groups excluding carboxylic acids is 1. The summed E-state index contributed by atoms with van der Waals surface area (Å²) in [4.78, 5) is 15.6. The minimum Gasteiger partial charge on any atom is -0.350 e. The van der Waals surface area contributed by atoms with Gasteiger partial charge < -0.3 is 10.3 Å². The third-order valence-electron chi connectivity index (χ3n) is 4.14. The van der Waals surface area contributed by atoms with Crippen LogP contribution in [0.4, 0.5) is 0 Å². The Bertz CT molecular complexity index is 1020. The van der Waals surface area contributed by atoms with Crippen LogP contribution in [-0.4, -0.2) is 25.9 Å². The first-order valence-electron chi connectivity index (χ1n) is 7.83. The van der Waals surface area contributed by atoms with E-state index < -0.39 is 10.0 Å². The Labute approximate surface area is 146 Å². The summed E-state index contributed by atoms with van der Waals surface area (Å²) in [6, 6.07) is 14.1. The number of nitrogens with two attached hydrogens (primary N) is 1. The van der Waals surface area contributed by atoms with E-state index in [0.29, 0.717) is 18.7 Å². The number of aromatic amines is 1. The lowest BCUT2D eigenvalue weighted by molar-refractivity contribution is 0.0949. The quantitative estimate of drug-likeness (QED) is 0.651. The molecule has 0 spiro atoms. The van der Waals surface area contributed by atoms with Gasteiger partial charge in [0, 0.05) is 17.4 Å². The first-order valence-corrected chi connectivity index (χ1v) is 9.38. The van der Waals surface area contributed by atoms with E-state index in [-0.39, 0.29) is 10.8 Å². The van der Waals surface area contributed by atoms with Crippen LogP contribution in [0.15, 0.2) is 53.4 Å². The summed E-state index contributed by atoms with van der Waals surface area (Å²) in [6.07, 6.45) is 0.593. The van der Waals surface area contributed by atoms with Gasteiger partial charge in [0.05, 0.1) is 4.90 Å². The summed E-state index contributed by atoms with van der Waals surface area (Å²) < 4.78 is 22.5. The second-order valence-electron chi connectivity index (χ2n) is 5.87. The molecule has 2 aromatic carbocycles. The Morgan fingerprint density at radius 2 is 1.80 bits per heavy atom. The molecule has 0 aliphatic carbocycles. The van der Waals surface area contributed by atoms with Gasteiger partial charge in [0.25, 0.3) is 5.91 Å². The molecule has 7 heteroatoms. The Kier molecular flexibility index (Phi) is 4.61. The number of amides is 1. The number of para-hydroxylation sites is 1. The van der Waals surface area contributed by atoms with Crippen molar-refractivity contribution in [2.45, 2.75) is 18.2 Å². The van der Waals surface area contributed by atoms with E-state index in [1.807, 2.05) is 31.2 Å². The molecule has 0 bridgehead atoms. The van der Waals surface area contributed by atoms with Gasteiger partial charge in [-0.1, -0.05) is 30.3 Å². The highest BCUT2D eigenvalue weighted by atomic mass is 32.2. The second kappa shape index (κ2) is 6.70. The predicted octanol–water partition coefficient (Wildman–Crippen LogP) is 2.10. The number of hydrogen-bond donors (Lipinski definition) is 3. The molecule has 0 radical (unpaired) electrons. The molecule has 1 aromatic heterocycles. The van der Waals surface area contributed by atoms with Crippen molar-refractivity contribution < 1.29 is 13.2 Å². The average Bonchev–Trinajstić information content (AvgIpc) is 2.92. The summed E-state index contributed by atoms with van der Waals surface area (Å²) >= 11 is 0. The maximum Gasteiger partial charge on any atom is 0.268 e. The van der Waals surface area contributed by atoms with Crippen LogP contribution in [0.25, 0.3) is 10.9 Å². The van der Waals surface area contributed by atoms with Crippen LogP contribution >= 0.6 is 0 Å². The van der Waals surface area contributed by atoms with Crippen molar-refractivity contribution in [1.82, 2.24) is 10.3 Å². The predicted molar refractivity (Wildman–Crippen MR) is 96.9 cm³/mol. The maximum absolute atomic E-state index is 12.4. The Morgan fingerprint density at radius 3 is 2.44 bits per heavy atom. The zero-order chi connectivity index (χ0) is 18.0. The third kappa shape index (κ3) is 3.72. The van der Waals surface area contributed by atoms with Crippen LogP contribution in [0.2, 0.25) is 0 Å². The highest BCUT2D eigenvalue weighted by Crippen LogP contribution is 2.21. The van der Waals surface area contributed by atoms with Gasteiger partial charge in [0.15, 0.2) is 0 Å². The van der Waals surface area contributed by atoms with E-state index in [1.54, 1.807) is 12.1 Å². The average molecular weight is 357 g/mol. The molecule has 0 fully saturated rings. The topological polar surface area (TPSA) is 105 Å². The molecule has 0 saturated heterocycles. The standard InChI is InChI=1S/C18H19N3O3S/c1-12-15-4-2-3-5-16(15)21-17(12)18(22)20-11-10-13-6-8-14(9-7-13)25(19,23)24/h2-9,21H,10-11H2,1H3,(H,20,22)(H2,19,23,24). The minimum atomic E-state index is -3.68. The van der Waals surface area contributed by atoms with Crippen molar-refractivity contribution in [2.75, 3.05) is 6.54 Å². The number of aryl methyl sites for hydroxylation is 1. The fourth-order valence-corrected chi connectivity index (χ4v) is 3.28. The number of rotatable bonds is 5. The van der Waals surface area contributed by atoms with Crippen LogP contribution in [0.5, 0.6) is 0 Å². The highest BCUT2D eigenvalue weighted by molar-refractivity contribution is 7.89. The first-order chi connectivity index (χ1) is 11.9. The number of aromatic nitrogens is 1. The molecular weight excluding hydrogens is 338 g/mol. The monoisotopic (exact) mass is 357 g/mol. The van der Waals surface area contributed by atoms with Gasteiger partial charge in [0.2, 0.25) is 10.0 Å². The zero-order valence-electron chi connectivity index (χ0n) is 13.7. The molecule has 1 amide bonds. The van der Waals surface area contributed by atoms with Crippen molar-refractivity contribution in [1.29, 1.82) is 0 Å². The fourth-order valence-electron chi connectivity index (χ4n) is 2.76. The van der Waals surface area contributed by atoms with Crippen LogP contribution in [0.1, 0.15) is 21.6 Å². The molecule has 6 nitrogen and oxygen atoms in total. The number of benzene rings is 2. The van der Waals surface area contributed by atoms with E-state index in [0.717, 1.165) is 22.0 Å². The van der Waals surface area contributed by atoms with E-state index in [1.165, 1.54) is 12.1 Å². The molecule has 1 heterocycles. The number of primary sulfonamides is 1. The van der Waals surface area contributed by atoms with Crippen molar-refractivity contribution in [2.24, 2.45) is 5.14 Å². The lowest BCUT2D eigenvalue weighted by atomic mass is 10.1. The number of carbonyl (C=O) groups is 1. The smallest absolute Gasteiger partial charge is 0.268 e. The minimum absolute atomic E-state index is 0.0778. The fraction of sp³-hybridized carbons (Fsp3) is 0.167. The van der Waals surface area contributed by atoms with E-state index in [2.05, 4.69) is 10.3 Å². The molecule has 0 saturated carbocycles. The van der Waals surface area contributed by atoms with Crippen LogP contribution in [-0.2, 0) is 16.4 Å². The third-order valence-corrected chi connectivity index (χ3v) is 5.07. The summed E-state index contributed by atoms with van der Waals surface area (Å²) in [5, 5.41) is 8.98. The highest BCUT2D eigenvalue weighted by Gasteiger charge is 2.14. The van der Waals surface area contributed by atoms with Gasteiger partial charge in [-0.15, -0.1) is 0 Å². The van der Waals surface area contributed by atoms with E-state index in [9.17, 15) is 13.2 Å². The Balaban J connectivity index is 1.63. The van der Waals surface area contributed by atoms with Crippen LogP contribution in [0.3, 0.4) is 0 Å². The van der Waals surface area contributed by atoms with Gasteiger partial charge in [-0.25, -0.2) is 13.6 Å². The number of fused-ring (bicyclic) bond motifs is 1. The summed E-state index contributed by atoms with van der Waals surface area (Å²) in [5.74, 6) is -0.158.